The number of thiazole rings is 1. The topological polar surface area (TPSA) is 45.7 Å². The number of ether oxygens (including phenoxy) is 1. The number of methoxy groups -OCH3 is 1. The molecule has 1 amide bonds. The predicted molar refractivity (Wildman–Crippen MR) is 131 cm³/mol. The maximum Gasteiger partial charge on any atom is 0.229 e. The van der Waals surface area contributed by atoms with Crippen molar-refractivity contribution in [2.45, 2.75) is 18.2 Å². The standard InChI is InChI=1S/C22H27N3O2S2.ClH/c1-16-6-5-7-19-21(16)23-22(29-19)25(14-13-24(2)3)20(26)12-15-28-18-10-8-17(27-4)9-11-18;/h5-11H,12-15H2,1-4H3;1H. The number of halogens is 1. The van der Waals surface area contributed by atoms with Gasteiger partial charge < -0.3 is 9.64 Å². The Morgan fingerprint density at radius 2 is 1.87 bits per heavy atom. The molecule has 0 unspecified atom stereocenters. The zero-order valence-electron chi connectivity index (χ0n) is 17.8. The van der Waals surface area contributed by atoms with Gasteiger partial charge in [0, 0.05) is 30.2 Å². The van der Waals surface area contributed by atoms with Crippen molar-refractivity contribution in [2.24, 2.45) is 0 Å². The summed E-state index contributed by atoms with van der Waals surface area (Å²) in [5.41, 5.74) is 2.13. The Bertz CT molecular complexity index is 961. The molecule has 5 nitrogen and oxygen atoms in total. The molecule has 8 heteroatoms. The third kappa shape index (κ3) is 6.35. The van der Waals surface area contributed by atoms with E-state index < -0.39 is 0 Å². The van der Waals surface area contributed by atoms with Crippen LogP contribution >= 0.6 is 35.5 Å². The maximum atomic E-state index is 13.0. The molecule has 0 aliphatic carbocycles. The van der Waals surface area contributed by atoms with Gasteiger partial charge in [-0.1, -0.05) is 23.5 Å². The van der Waals surface area contributed by atoms with Gasteiger partial charge in [0.05, 0.1) is 17.3 Å². The number of carbonyl (C=O) groups excluding carboxylic acids is 1. The lowest BCUT2D eigenvalue weighted by Crippen LogP contribution is -2.36. The van der Waals surface area contributed by atoms with E-state index in [4.69, 9.17) is 9.72 Å². The molecule has 0 fully saturated rings. The zero-order chi connectivity index (χ0) is 20.8. The normalized spacial score (nSPS) is 10.8. The molecular weight excluding hydrogens is 438 g/mol. The van der Waals surface area contributed by atoms with Crippen LogP contribution in [0.1, 0.15) is 12.0 Å². The van der Waals surface area contributed by atoms with Crippen LogP contribution in [-0.2, 0) is 4.79 Å². The highest BCUT2D eigenvalue weighted by Gasteiger charge is 2.20. The number of hydrogen-bond acceptors (Lipinski definition) is 6. The molecule has 162 valence electrons. The Balaban J connectivity index is 0.00000320. The van der Waals surface area contributed by atoms with Gasteiger partial charge in [-0.2, -0.15) is 0 Å². The summed E-state index contributed by atoms with van der Waals surface area (Å²) in [5, 5.41) is 0.788. The van der Waals surface area contributed by atoms with E-state index in [-0.39, 0.29) is 18.3 Å². The third-order valence-electron chi connectivity index (χ3n) is 4.56. The molecule has 0 saturated heterocycles. The van der Waals surface area contributed by atoms with Crippen LogP contribution in [0.5, 0.6) is 5.75 Å². The van der Waals surface area contributed by atoms with Gasteiger partial charge in [-0.05, 0) is 56.9 Å². The number of hydrogen-bond donors (Lipinski definition) is 0. The molecule has 0 aliphatic rings. The van der Waals surface area contributed by atoms with Crippen molar-refractivity contribution >= 4 is 56.8 Å². The average Bonchev–Trinajstić information content (AvgIpc) is 3.14. The first-order valence-corrected chi connectivity index (χ1v) is 11.4. The lowest BCUT2D eigenvalue weighted by Gasteiger charge is -2.22. The van der Waals surface area contributed by atoms with E-state index in [0.29, 0.717) is 13.0 Å². The molecule has 30 heavy (non-hydrogen) atoms. The number of anilines is 1. The average molecular weight is 466 g/mol. The summed E-state index contributed by atoms with van der Waals surface area (Å²) in [6, 6.07) is 14.1. The van der Waals surface area contributed by atoms with E-state index in [1.165, 1.54) is 0 Å². The molecule has 0 N–H and O–H groups in total. The van der Waals surface area contributed by atoms with Crippen molar-refractivity contribution in [3.05, 3.63) is 48.0 Å². The number of fused-ring (bicyclic) bond motifs is 1. The summed E-state index contributed by atoms with van der Waals surface area (Å²) in [4.78, 5) is 22.9. The molecule has 3 rings (SSSR count). The lowest BCUT2D eigenvalue weighted by atomic mass is 10.2. The first kappa shape index (κ1) is 24.5. The van der Waals surface area contributed by atoms with Crippen LogP contribution in [0.3, 0.4) is 0 Å². The monoisotopic (exact) mass is 465 g/mol. The van der Waals surface area contributed by atoms with Crippen molar-refractivity contribution in [2.75, 3.05) is 44.9 Å². The number of rotatable bonds is 9. The molecule has 0 bridgehead atoms. The minimum atomic E-state index is 0. The van der Waals surface area contributed by atoms with Crippen LogP contribution in [0, 0.1) is 6.92 Å². The van der Waals surface area contributed by atoms with E-state index in [9.17, 15) is 4.79 Å². The number of aryl methyl sites for hydroxylation is 1. The Morgan fingerprint density at radius 3 is 2.50 bits per heavy atom. The number of amides is 1. The van der Waals surface area contributed by atoms with E-state index >= 15 is 0 Å². The Labute approximate surface area is 192 Å². The Morgan fingerprint density at radius 1 is 1.13 bits per heavy atom. The van der Waals surface area contributed by atoms with Gasteiger partial charge in [0.2, 0.25) is 5.91 Å². The second-order valence-electron chi connectivity index (χ2n) is 7.04. The quantitative estimate of drug-likeness (QED) is 0.411. The molecule has 0 atom stereocenters. The summed E-state index contributed by atoms with van der Waals surface area (Å²) >= 11 is 3.27. The Hall–Kier alpha value is -1.80. The van der Waals surface area contributed by atoms with Gasteiger partial charge in [0.1, 0.15) is 5.75 Å². The molecule has 0 radical (unpaired) electrons. The van der Waals surface area contributed by atoms with Crippen LogP contribution in [0.2, 0.25) is 0 Å². The van der Waals surface area contributed by atoms with Crippen molar-refractivity contribution in [3.63, 3.8) is 0 Å². The second-order valence-corrected chi connectivity index (χ2v) is 9.22. The fourth-order valence-corrected chi connectivity index (χ4v) is 4.81. The van der Waals surface area contributed by atoms with Crippen LogP contribution in [0.25, 0.3) is 10.2 Å². The third-order valence-corrected chi connectivity index (χ3v) is 6.61. The van der Waals surface area contributed by atoms with Gasteiger partial charge in [-0.25, -0.2) is 4.98 Å². The summed E-state index contributed by atoms with van der Waals surface area (Å²) < 4.78 is 6.31. The largest absolute Gasteiger partial charge is 0.497 e. The summed E-state index contributed by atoms with van der Waals surface area (Å²) in [7, 11) is 5.70. The number of aromatic nitrogens is 1. The van der Waals surface area contributed by atoms with Crippen LogP contribution in [0.4, 0.5) is 5.13 Å². The molecular formula is C22H28ClN3O2S2. The highest BCUT2D eigenvalue weighted by atomic mass is 35.5. The lowest BCUT2D eigenvalue weighted by molar-refractivity contribution is -0.118. The maximum absolute atomic E-state index is 13.0. The minimum absolute atomic E-state index is 0. The highest BCUT2D eigenvalue weighted by Crippen LogP contribution is 2.31. The number of carbonyl (C=O) groups is 1. The molecule has 0 saturated carbocycles. The molecule has 0 aliphatic heterocycles. The van der Waals surface area contributed by atoms with Crippen LogP contribution in [0.15, 0.2) is 47.4 Å². The number of likely N-dealkylation sites (N-methyl/N-ethyl adjacent to an activating group) is 1. The van der Waals surface area contributed by atoms with E-state index in [1.807, 2.05) is 49.3 Å². The van der Waals surface area contributed by atoms with Crippen LogP contribution < -0.4 is 9.64 Å². The van der Waals surface area contributed by atoms with Gasteiger partial charge >= 0.3 is 0 Å². The first-order valence-electron chi connectivity index (χ1n) is 9.56. The van der Waals surface area contributed by atoms with E-state index in [0.717, 1.165) is 43.9 Å². The van der Waals surface area contributed by atoms with Crippen molar-refractivity contribution in [3.8, 4) is 5.75 Å². The number of para-hydroxylation sites is 1. The van der Waals surface area contributed by atoms with Crippen molar-refractivity contribution in [1.82, 2.24) is 9.88 Å². The summed E-state index contributed by atoms with van der Waals surface area (Å²) in [5.74, 6) is 1.68. The molecule has 2 aromatic carbocycles. The first-order chi connectivity index (χ1) is 14.0. The molecule has 1 heterocycles. The molecule has 0 spiro atoms. The minimum Gasteiger partial charge on any atom is -0.497 e. The van der Waals surface area contributed by atoms with E-state index in [2.05, 4.69) is 24.0 Å². The smallest absolute Gasteiger partial charge is 0.229 e. The predicted octanol–water partition coefficient (Wildman–Crippen LogP) is 5.11. The highest BCUT2D eigenvalue weighted by molar-refractivity contribution is 7.99. The number of thioether (sulfide) groups is 1. The summed E-state index contributed by atoms with van der Waals surface area (Å²) in [6.07, 6.45) is 0.471. The van der Waals surface area contributed by atoms with Gasteiger partial charge in [-0.3, -0.25) is 9.69 Å². The molecule has 3 aromatic rings. The fraction of sp³-hybridized carbons (Fsp3) is 0.364. The summed E-state index contributed by atoms with van der Waals surface area (Å²) in [6.45, 7) is 3.49. The van der Waals surface area contributed by atoms with Gasteiger partial charge in [-0.15, -0.1) is 24.2 Å². The number of benzene rings is 2. The fourth-order valence-electron chi connectivity index (χ4n) is 2.88. The Kier molecular flexibility index (Phi) is 9.42. The molecule has 1 aromatic heterocycles. The zero-order valence-corrected chi connectivity index (χ0v) is 20.2. The number of nitrogens with zero attached hydrogens (tertiary/aromatic N) is 3. The second kappa shape index (κ2) is 11.6. The van der Waals surface area contributed by atoms with E-state index in [1.54, 1.807) is 30.2 Å². The van der Waals surface area contributed by atoms with Gasteiger partial charge in [0.25, 0.3) is 0 Å². The van der Waals surface area contributed by atoms with Crippen molar-refractivity contribution < 1.29 is 9.53 Å². The van der Waals surface area contributed by atoms with Crippen LogP contribution in [-0.4, -0.2) is 55.8 Å². The van der Waals surface area contributed by atoms with Crippen molar-refractivity contribution in [1.29, 1.82) is 0 Å². The SMILES string of the molecule is COc1ccc(SCCC(=O)N(CCN(C)C)c2nc3c(C)cccc3s2)cc1.Cl. The van der Waals surface area contributed by atoms with Gasteiger partial charge in [0.15, 0.2) is 5.13 Å².